The van der Waals surface area contributed by atoms with E-state index in [2.05, 4.69) is 0 Å². The molecule has 0 saturated heterocycles. The van der Waals surface area contributed by atoms with E-state index in [0.29, 0.717) is 21.3 Å². The molecule has 0 radical (unpaired) electrons. The molecule has 0 amide bonds. The van der Waals surface area contributed by atoms with E-state index in [-0.39, 0.29) is 6.54 Å². The van der Waals surface area contributed by atoms with Crippen molar-refractivity contribution in [3.63, 3.8) is 0 Å². The number of halogens is 2. The number of sulfonamides is 1. The van der Waals surface area contributed by atoms with Gasteiger partial charge in [-0.05, 0) is 36.8 Å². The number of aryl methyl sites for hydroxylation is 1. The lowest BCUT2D eigenvalue weighted by Crippen LogP contribution is -2.29. The van der Waals surface area contributed by atoms with Gasteiger partial charge in [0.25, 0.3) is 0 Å². The van der Waals surface area contributed by atoms with E-state index in [1.807, 2.05) is 19.1 Å². The summed E-state index contributed by atoms with van der Waals surface area (Å²) in [5.41, 5.74) is 2.37. The van der Waals surface area contributed by atoms with Gasteiger partial charge in [-0.3, -0.25) is 4.31 Å². The van der Waals surface area contributed by atoms with Crippen molar-refractivity contribution in [2.75, 3.05) is 10.6 Å². The van der Waals surface area contributed by atoms with Crippen LogP contribution in [0.1, 0.15) is 11.1 Å². The number of nitrogens with zero attached hydrogens (tertiary/aromatic N) is 1. The molecule has 0 aromatic heterocycles. The summed E-state index contributed by atoms with van der Waals surface area (Å²) in [5, 5.41) is 0.966. The summed E-state index contributed by atoms with van der Waals surface area (Å²) in [6.45, 7) is 2.11. The molecule has 112 valence electrons. The van der Waals surface area contributed by atoms with E-state index < -0.39 is 10.0 Å². The Hall–Kier alpha value is -1.23. The van der Waals surface area contributed by atoms with E-state index in [4.69, 9.17) is 23.2 Å². The number of anilines is 1. The van der Waals surface area contributed by atoms with Crippen LogP contribution < -0.4 is 4.31 Å². The quantitative estimate of drug-likeness (QED) is 0.831. The molecule has 0 aliphatic rings. The van der Waals surface area contributed by atoms with Gasteiger partial charge in [-0.1, -0.05) is 47.0 Å². The third-order valence-electron chi connectivity index (χ3n) is 3.05. The van der Waals surface area contributed by atoms with Crippen LogP contribution in [0.25, 0.3) is 0 Å². The van der Waals surface area contributed by atoms with Crippen molar-refractivity contribution in [1.29, 1.82) is 0 Å². The molecule has 0 atom stereocenters. The van der Waals surface area contributed by atoms with Crippen molar-refractivity contribution in [2.24, 2.45) is 0 Å². The van der Waals surface area contributed by atoms with Crippen LogP contribution in [0.5, 0.6) is 0 Å². The van der Waals surface area contributed by atoms with Crippen molar-refractivity contribution in [1.82, 2.24) is 0 Å². The standard InChI is InChI=1S/C15H15Cl2NO2S/c1-11-3-7-14(8-4-11)18(21(2,19)20)10-12-5-6-13(16)9-15(12)17/h3-9H,10H2,1-2H3. The fourth-order valence-corrected chi connectivity index (χ4v) is 3.26. The Balaban J connectivity index is 2.40. The topological polar surface area (TPSA) is 37.4 Å². The van der Waals surface area contributed by atoms with Gasteiger partial charge in [0, 0.05) is 10.0 Å². The molecule has 0 aliphatic heterocycles. The molecular weight excluding hydrogens is 329 g/mol. The van der Waals surface area contributed by atoms with E-state index in [1.54, 1.807) is 30.3 Å². The lowest BCUT2D eigenvalue weighted by atomic mass is 10.2. The zero-order valence-corrected chi connectivity index (χ0v) is 14.0. The average molecular weight is 344 g/mol. The van der Waals surface area contributed by atoms with Crippen LogP contribution in [0.4, 0.5) is 5.69 Å². The van der Waals surface area contributed by atoms with Crippen LogP contribution in [0.2, 0.25) is 10.0 Å². The third-order valence-corrected chi connectivity index (χ3v) is 4.78. The van der Waals surface area contributed by atoms with E-state index in [9.17, 15) is 8.42 Å². The summed E-state index contributed by atoms with van der Waals surface area (Å²) in [5.74, 6) is 0. The second-order valence-corrected chi connectivity index (χ2v) is 7.59. The second-order valence-electron chi connectivity index (χ2n) is 4.84. The molecule has 2 rings (SSSR count). The predicted molar refractivity (Wildman–Crippen MR) is 88.7 cm³/mol. The number of benzene rings is 2. The van der Waals surface area contributed by atoms with Crippen LogP contribution in [-0.4, -0.2) is 14.7 Å². The molecule has 0 spiro atoms. The summed E-state index contributed by atoms with van der Waals surface area (Å²) in [6.07, 6.45) is 1.18. The summed E-state index contributed by atoms with van der Waals surface area (Å²) in [6, 6.07) is 12.3. The van der Waals surface area contributed by atoms with Crippen LogP contribution in [0, 0.1) is 6.92 Å². The summed E-state index contributed by atoms with van der Waals surface area (Å²) in [7, 11) is -3.41. The Morgan fingerprint density at radius 2 is 1.67 bits per heavy atom. The van der Waals surface area contributed by atoms with Crippen LogP contribution >= 0.6 is 23.2 Å². The molecule has 6 heteroatoms. The predicted octanol–water partition coefficient (Wildman–Crippen LogP) is 4.27. The monoisotopic (exact) mass is 343 g/mol. The molecule has 0 fully saturated rings. The van der Waals surface area contributed by atoms with E-state index in [1.165, 1.54) is 10.6 Å². The van der Waals surface area contributed by atoms with Crippen LogP contribution in [-0.2, 0) is 16.6 Å². The van der Waals surface area contributed by atoms with Gasteiger partial charge in [0.05, 0.1) is 18.5 Å². The first kappa shape index (κ1) is 16.1. The van der Waals surface area contributed by atoms with Crippen molar-refractivity contribution in [2.45, 2.75) is 13.5 Å². The molecular formula is C15H15Cl2NO2S. The maximum atomic E-state index is 12.1. The summed E-state index contributed by atoms with van der Waals surface area (Å²) >= 11 is 12.0. The van der Waals surface area contributed by atoms with Crippen molar-refractivity contribution in [3.05, 3.63) is 63.6 Å². The maximum absolute atomic E-state index is 12.1. The van der Waals surface area contributed by atoms with Crippen LogP contribution in [0.15, 0.2) is 42.5 Å². The number of hydrogen-bond acceptors (Lipinski definition) is 2. The highest BCUT2D eigenvalue weighted by atomic mass is 35.5. The highest BCUT2D eigenvalue weighted by Gasteiger charge is 2.19. The molecule has 0 unspecified atom stereocenters. The van der Waals surface area contributed by atoms with Crippen molar-refractivity contribution in [3.8, 4) is 0 Å². The van der Waals surface area contributed by atoms with Gasteiger partial charge in [0.1, 0.15) is 0 Å². The fourth-order valence-electron chi connectivity index (χ4n) is 1.92. The third kappa shape index (κ3) is 4.13. The van der Waals surface area contributed by atoms with Gasteiger partial charge >= 0.3 is 0 Å². The Bertz CT molecular complexity index is 743. The first-order valence-corrected chi connectivity index (χ1v) is 8.86. The van der Waals surface area contributed by atoms with Gasteiger partial charge in [0.2, 0.25) is 10.0 Å². The minimum atomic E-state index is -3.41. The van der Waals surface area contributed by atoms with Gasteiger partial charge in [-0.15, -0.1) is 0 Å². The normalized spacial score (nSPS) is 11.4. The van der Waals surface area contributed by atoms with Crippen LogP contribution in [0.3, 0.4) is 0 Å². The van der Waals surface area contributed by atoms with Gasteiger partial charge in [-0.25, -0.2) is 8.42 Å². The summed E-state index contributed by atoms with van der Waals surface area (Å²) < 4.78 is 25.4. The first-order valence-electron chi connectivity index (χ1n) is 6.25. The second kappa shape index (κ2) is 6.26. The molecule has 0 saturated carbocycles. The minimum Gasteiger partial charge on any atom is -0.266 e. The molecule has 0 bridgehead atoms. The van der Waals surface area contributed by atoms with Crippen molar-refractivity contribution < 1.29 is 8.42 Å². The van der Waals surface area contributed by atoms with E-state index >= 15 is 0 Å². The Morgan fingerprint density at radius 1 is 1.05 bits per heavy atom. The highest BCUT2D eigenvalue weighted by molar-refractivity contribution is 7.92. The molecule has 3 nitrogen and oxygen atoms in total. The minimum absolute atomic E-state index is 0.165. The average Bonchev–Trinajstić information content (AvgIpc) is 2.38. The molecule has 0 N–H and O–H groups in total. The number of rotatable bonds is 4. The summed E-state index contributed by atoms with van der Waals surface area (Å²) in [4.78, 5) is 0. The first-order chi connectivity index (χ1) is 9.77. The fraction of sp³-hybridized carbons (Fsp3) is 0.200. The van der Waals surface area contributed by atoms with E-state index in [0.717, 1.165) is 5.56 Å². The number of hydrogen-bond donors (Lipinski definition) is 0. The molecule has 2 aromatic carbocycles. The molecule has 2 aromatic rings. The Labute approximate surface area is 135 Å². The Morgan fingerprint density at radius 3 is 2.19 bits per heavy atom. The SMILES string of the molecule is Cc1ccc(N(Cc2ccc(Cl)cc2Cl)S(C)(=O)=O)cc1. The lowest BCUT2D eigenvalue weighted by Gasteiger charge is -2.23. The molecule has 21 heavy (non-hydrogen) atoms. The van der Waals surface area contributed by atoms with Crippen molar-refractivity contribution >= 4 is 38.9 Å². The zero-order valence-electron chi connectivity index (χ0n) is 11.7. The smallest absolute Gasteiger partial charge is 0.232 e. The van der Waals surface area contributed by atoms with Gasteiger partial charge < -0.3 is 0 Å². The highest BCUT2D eigenvalue weighted by Crippen LogP contribution is 2.26. The lowest BCUT2D eigenvalue weighted by molar-refractivity contribution is 0.596. The molecule has 0 heterocycles. The largest absolute Gasteiger partial charge is 0.266 e. The maximum Gasteiger partial charge on any atom is 0.232 e. The Kier molecular flexibility index (Phi) is 4.81. The van der Waals surface area contributed by atoms with Gasteiger partial charge in [-0.2, -0.15) is 0 Å². The zero-order chi connectivity index (χ0) is 15.6. The van der Waals surface area contributed by atoms with Gasteiger partial charge in [0.15, 0.2) is 0 Å². The molecule has 0 aliphatic carbocycles.